The van der Waals surface area contributed by atoms with Crippen molar-refractivity contribution in [2.24, 2.45) is 0 Å². The molecule has 0 bridgehead atoms. The number of hydrogen-bond acceptors (Lipinski definition) is 6. The fourth-order valence-electron chi connectivity index (χ4n) is 4.36. The molecule has 5 rings (SSSR count). The average molecular weight is 482 g/mol. The fraction of sp³-hybridized carbons (Fsp3) is 0.179. The van der Waals surface area contributed by atoms with Gasteiger partial charge in [-0.2, -0.15) is 4.98 Å². The number of carbonyl (C=O) groups is 1. The molecule has 182 valence electrons. The molecule has 2 heterocycles. The molecule has 36 heavy (non-hydrogen) atoms. The summed E-state index contributed by atoms with van der Waals surface area (Å²) in [6.07, 6.45) is 3.92. The number of amides is 1. The highest BCUT2D eigenvalue weighted by molar-refractivity contribution is 6.01. The van der Waals surface area contributed by atoms with Gasteiger partial charge in [0.15, 0.2) is 0 Å². The van der Waals surface area contributed by atoms with Crippen LogP contribution in [0.25, 0.3) is 6.08 Å². The predicted molar refractivity (Wildman–Crippen MR) is 139 cm³/mol. The summed E-state index contributed by atoms with van der Waals surface area (Å²) < 4.78 is 12.5. The Balaban J connectivity index is 1.39. The van der Waals surface area contributed by atoms with Gasteiger partial charge in [0, 0.05) is 11.6 Å². The molecule has 8 heteroatoms. The molecule has 0 unspecified atom stereocenters. The number of hydrogen-bond donors (Lipinski definition) is 2. The largest absolute Gasteiger partial charge is 0.497 e. The van der Waals surface area contributed by atoms with Crippen molar-refractivity contribution in [1.82, 2.24) is 14.8 Å². The molecule has 0 spiro atoms. The van der Waals surface area contributed by atoms with Crippen LogP contribution in [-0.4, -0.2) is 34.9 Å². The molecule has 2 N–H and O–H groups in total. The number of methoxy groups -OCH3 is 2. The van der Waals surface area contributed by atoms with Crippen molar-refractivity contribution < 1.29 is 14.3 Å². The van der Waals surface area contributed by atoms with E-state index in [0.29, 0.717) is 11.7 Å². The number of aromatic nitrogens is 3. The Morgan fingerprint density at radius 1 is 0.972 bits per heavy atom. The first-order valence-electron chi connectivity index (χ1n) is 11.7. The van der Waals surface area contributed by atoms with E-state index >= 15 is 0 Å². The molecule has 0 radical (unpaired) electrons. The molecule has 0 saturated carbocycles. The second-order valence-electron chi connectivity index (χ2n) is 8.40. The predicted octanol–water partition coefficient (Wildman–Crippen LogP) is 5.09. The maximum Gasteiger partial charge on any atom is 0.250 e. The van der Waals surface area contributed by atoms with E-state index in [1.54, 1.807) is 20.3 Å². The number of anilines is 2. The second-order valence-corrected chi connectivity index (χ2v) is 8.40. The zero-order chi connectivity index (χ0) is 24.9. The Morgan fingerprint density at radius 3 is 2.47 bits per heavy atom. The lowest BCUT2D eigenvalue weighted by Gasteiger charge is -2.31. The molecule has 1 aliphatic rings. The fourth-order valence-corrected chi connectivity index (χ4v) is 4.36. The van der Waals surface area contributed by atoms with Crippen LogP contribution in [0.1, 0.15) is 35.2 Å². The third-order valence-corrected chi connectivity index (χ3v) is 6.18. The second kappa shape index (κ2) is 10.4. The summed E-state index contributed by atoms with van der Waals surface area (Å²) in [6.45, 7) is 0. The normalized spacial score (nSPS) is 16.7. The maximum absolute atomic E-state index is 12.6. The standard InChI is InChI=1S/C28H27N5O3/c1-35-22-15-12-19(13-16-22)23-18-24(20-8-4-3-5-9-20)33-28(29-23)31-27(32-33)30-26(34)17-14-21-10-6-7-11-25(21)36-2/h3-17,23-24H,18H2,1-2H3,(H2,29,30,31,32,34)/b17-14+/t23-,24+/m1/s1. The molecule has 8 nitrogen and oxygen atoms in total. The van der Waals surface area contributed by atoms with Crippen molar-refractivity contribution in [3.63, 3.8) is 0 Å². The highest BCUT2D eigenvalue weighted by Crippen LogP contribution is 2.38. The van der Waals surface area contributed by atoms with Gasteiger partial charge in [-0.3, -0.25) is 10.1 Å². The smallest absolute Gasteiger partial charge is 0.250 e. The molecule has 1 aromatic heterocycles. The third-order valence-electron chi connectivity index (χ3n) is 6.18. The summed E-state index contributed by atoms with van der Waals surface area (Å²) >= 11 is 0. The number of ether oxygens (including phenoxy) is 2. The van der Waals surface area contributed by atoms with Crippen LogP contribution >= 0.6 is 0 Å². The van der Waals surface area contributed by atoms with Gasteiger partial charge >= 0.3 is 0 Å². The first-order valence-corrected chi connectivity index (χ1v) is 11.7. The maximum atomic E-state index is 12.6. The molecule has 2 atom stereocenters. The van der Waals surface area contributed by atoms with E-state index in [4.69, 9.17) is 9.47 Å². The Labute approximate surface area is 209 Å². The molecule has 0 fully saturated rings. The van der Waals surface area contributed by atoms with Crippen LogP contribution in [0.2, 0.25) is 0 Å². The van der Waals surface area contributed by atoms with Gasteiger partial charge in [-0.25, -0.2) is 4.68 Å². The first kappa shape index (κ1) is 23.2. The van der Waals surface area contributed by atoms with Crippen LogP contribution in [-0.2, 0) is 4.79 Å². The number of carbonyl (C=O) groups excluding carboxylic acids is 1. The number of fused-ring (bicyclic) bond motifs is 1. The van der Waals surface area contributed by atoms with Gasteiger partial charge in [0.05, 0.1) is 26.3 Å². The summed E-state index contributed by atoms with van der Waals surface area (Å²) in [5, 5.41) is 10.9. The van der Waals surface area contributed by atoms with Crippen molar-refractivity contribution in [1.29, 1.82) is 0 Å². The molecular formula is C28H27N5O3. The zero-order valence-corrected chi connectivity index (χ0v) is 20.1. The minimum absolute atomic E-state index is 0.0202. The Bertz CT molecular complexity index is 1370. The van der Waals surface area contributed by atoms with Crippen LogP contribution in [0.15, 0.2) is 84.9 Å². The number of para-hydroxylation sites is 1. The van der Waals surface area contributed by atoms with E-state index in [-0.39, 0.29) is 23.9 Å². The van der Waals surface area contributed by atoms with E-state index in [1.165, 1.54) is 6.08 Å². The monoisotopic (exact) mass is 481 g/mol. The highest BCUT2D eigenvalue weighted by atomic mass is 16.5. The minimum Gasteiger partial charge on any atom is -0.497 e. The summed E-state index contributed by atoms with van der Waals surface area (Å²) in [5.74, 6) is 2.01. The van der Waals surface area contributed by atoms with E-state index in [2.05, 4.69) is 45.0 Å². The molecule has 0 aliphatic carbocycles. The number of rotatable bonds is 7. The van der Waals surface area contributed by atoms with Gasteiger partial charge in [0.25, 0.3) is 11.9 Å². The number of nitrogens with zero attached hydrogens (tertiary/aromatic N) is 3. The minimum atomic E-state index is -0.327. The van der Waals surface area contributed by atoms with Crippen LogP contribution in [0.3, 0.4) is 0 Å². The molecule has 4 aromatic rings. The Hall–Kier alpha value is -4.59. The molecule has 1 amide bonds. The molecule has 3 aromatic carbocycles. The topological polar surface area (TPSA) is 90.3 Å². The summed E-state index contributed by atoms with van der Waals surface area (Å²) in [7, 11) is 3.25. The van der Waals surface area contributed by atoms with Crippen LogP contribution in [0.5, 0.6) is 11.5 Å². The van der Waals surface area contributed by atoms with Gasteiger partial charge in [0.1, 0.15) is 11.5 Å². The van der Waals surface area contributed by atoms with E-state index < -0.39 is 0 Å². The van der Waals surface area contributed by atoms with Crippen molar-refractivity contribution in [3.8, 4) is 11.5 Å². The Morgan fingerprint density at radius 2 is 1.72 bits per heavy atom. The summed E-state index contributed by atoms with van der Waals surface area (Å²) in [6, 6.07) is 25.7. The van der Waals surface area contributed by atoms with Crippen molar-refractivity contribution in [2.75, 3.05) is 24.9 Å². The summed E-state index contributed by atoms with van der Waals surface area (Å²) in [4.78, 5) is 17.2. The lowest BCUT2D eigenvalue weighted by atomic mass is 9.93. The average Bonchev–Trinajstić information content (AvgIpc) is 3.34. The van der Waals surface area contributed by atoms with E-state index in [0.717, 1.165) is 28.9 Å². The highest BCUT2D eigenvalue weighted by Gasteiger charge is 2.31. The third kappa shape index (κ3) is 4.93. The van der Waals surface area contributed by atoms with Crippen LogP contribution < -0.4 is 20.1 Å². The molecular weight excluding hydrogens is 454 g/mol. The Kier molecular flexibility index (Phi) is 6.66. The molecule has 0 saturated heterocycles. The lowest BCUT2D eigenvalue weighted by Crippen LogP contribution is -2.28. The van der Waals surface area contributed by atoms with Gasteiger partial charge in [-0.05, 0) is 41.8 Å². The van der Waals surface area contributed by atoms with Gasteiger partial charge in [0.2, 0.25) is 5.95 Å². The van der Waals surface area contributed by atoms with Crippen molar-refractivity contribution in [2.45, 2.75) is 18.5 Å². The van der Waals surface area contributed by atoms with E-state index in [1.807, 2.05) is 59.3 Å². The molecule has 1 aliphatic heterocycles. The summed E-state index contributed by atoms with van der Waals surface area (Å²) in [5.41, 5.74) is 3.05. The zero-order valence-electron chi connectivity index (χ0n) is 20.1. The van der Waals surface area contributed by atoms with Gasteiger partial charge in [-0.15, -0.1) is 5.10 Å². The first-order chi connectivity index (χ1) is 17.6. The van der Waals surface area contributed by atoms with Crippen LogP contribution in [0, 0.1) is 0 Å². The SMILES string of the molecule is COc1ccc([C@H]2C[C@@H](c3ccccc3)n3nc(NC(=O)/C=C/c4ccccc4OC)nc3N2)cc1. The van der Waals surface area contributed by atoms with E-state index in [9.17, 15) is 4.79 Å². The van der Waals surface area contributed by atoms with Crippen molar-refractivity contribution >= 4 is 23.9 Å². The van der Waals surface area contributed by atoms with Gasteiger partial charge in [-0.1, -0.05) is 60.7 Å². The number of nitrogens with one attached hydrogen (secondary N) is 2. The van der Waals surface area contributed by atoms with Crippen LogP contribution in [0.4, 0.5) is 11.9 Å². The van der Waals surface area contributed by atoms with Gasteiger partial charge < -0.3 is 14.8 Å². The van der Waals surface area contributed by atoms with Crippen molar-refractivity contribution in [3.05, 3.63) is 102 Å². The lowest BCUT2D eigenvalue weighted by molar-refractivity contribution is -0.111. The number of benzene rings is 3. The quantitative estimate of drug-likeness (QED) is 0.357.